The number of nitrogens with one attached hydrogen (secondary N) is 1. The van der Waals surface area contributed by atoms with Gasteiger partial charge in [-0.15, -0.1) is 0 Å². The first-order chi connectivity index (χ1) is 12.3. The molecule has 0 aliphatic rings. The fourth-order valence-corrected chi connectivity index (χ4v) is 3.55. The predicted molar refractivity (Wildman–Crippen MR) is 110 cm³/mol. The van der Waals surface area contributed by atoms with Crippen LogP contribution in [0.5, 0.6) is 0 Å². The van der Waals surface area contributed by atoms with Gasteiger partial charge in [0.15, 0.2) is 0 Å². The minimum absolute atomic E-state index is 0.367. The third-order valence-corrected chi connectivity index (χ3v) is 5.06. The van der Waals surface area contributed by atoms with E-state index in [0.717, 1.165) is 12.2 Å². The zero-order valence-corrected chi connectivity index (χ0v) is 18.0. The molecule has 1 atom stereocenters. The number of rotatable bonds is 15. The van der Waals surface area contributed by atoms with Gasteiger partial charge in [0, 0.05) is 5.75 Å². The second-order valence-corrected chi connectivity index (χ2v) is 8.94. The SMILES string of the molecule is CCCCCCCCCCCCSCC(NC(=O)OC(C)(C)C)C(=O)O. The number of aliphatic carboxylic acids is 1. The molecule has 1 amide bonds. The summed E-state index contributed by atoms with van der Waals surface area (Å²) in [6.07, 6.45) is 12.2. The van der Waals surface area contributed by atoms with E-state index in [2.05, 4.69) is 12.2 Å². The van der Waals surface area contributed by atoms with E-state index < -0.39 is 23.7 Å². The third-order valence-electron chi connectivity index (χ3n) is 3.92. The zero-order chi connectivity index (χ0) is 19.8. The Bertz CT molecular complexity index is 382. The van der Waals surface area contributed by atoms with Crippen LogP contribution in [0.1, 0.15) is 91.9 Å². The molecule has 0 saturated heterocycles. The maximum Gasteiger partial charge on any atom is 0.408 e. The third kappa shape index (κ3) is 16.6. The summed E-state index contributed by atoms with van der Waals surface area (Å²) in [5, 5.41) is 11.6. The van der Waals surface area contributed by atoms with Gasteiger partial charge in [0.1, 0.15) is 11.6 Å². The minimum Gasteiger partial charge on any atom is -0.480 e. The van der Waals surface area contributed by atoms with Crippen LogP contribution in [0.2, 0.25) is 0 Å². The molecule has 0 aliphatic carbocycles. The van der Waals surface area contributed by atoms with E-state index in [1.165, 1.54) is 57.8 Å². The van der Waals surface area contributed by atoms with E-state index in [1.807, 2.05) is 0 Å². The number of hydrogen-bond donors (Lipinski definition) is 2. The van der Waals surface area contributed by atoms with Crippen molar-refractivity contribution in [3.8, 4) is 0 Å². The molecule has 26 heavy (non-hydrogen) atoms. The van der Waals surface area contributed by atoms with E-state index in [0.29, 0.717) is 5.75 Å². The van der Waals surface area contributed by atoms with Gasteiger partial charge in [0.05, 0.1) is 0 Å². The summed E-state index contributed by atoms with van der Waals surface area (Å²) < 4.78 is 5.11. The van der Waals surface area contributed by atoms with Crippen LogP contribution < -0.4 is 5.32 Å². The molecule has 0 fully saturated rings. The molecule has 154 valence electrons. The van der Waals surface area contributed by atoms with E-state index in [1.54, 1.807) is 32.5 Å². The van der Waals surface area contributed by atoms with Crippen molar-refractivity contribution in [3.05, 3.63) is 0 Å². The Morgan fingerprint density at radius 3 is 1.92 bits per heavy atom. The standard InChI is InChI=1S/C20H39NO4S/c1-5-6-7-8-9-10-11-12-13-14-15-26-16-17(18(22)23)21-19(24)25-20(2,3)4/h17H,5-16H2,1-4H3,(H,21,24)(H,22,23). The second kappa shape index (κ2) is 15.2. The highest BCUT2D eigenvalue weighted by Gasteiger charge is 2.23. The Balaban J connectivity index is 3.66. The van der Waals surface area contributed by atoms with Crippen molar-refractivity contribution in [1.29, 1.82) is 0 Å². The first-order valence-corrected chi connectivity index (χ1v) is 11.2. The molecular weight excluding hydrogens is 350 g/mol. The van der Waals surface area contributed by atoms with E-state index >= 15 is 0 Å². The van der Waals surface area contributed by atoms with Gasteiger partial charge in [-0.1, -0.05) is 64.7 Å². The molecular formula is C20H39NO4S. The van der Waals surface area contributed by atoms with Crippen LogP contribution in [0, 0.1) is 0 Å². The maximum atomic E-state index is 11.7. The molecule has 0 spiro atoms. The number of carboxylic acids is 1. The Morgan fingerprint density at radius 1 is 0.962 bits per heavy atom. The van der Waals surface area contributed by atoms with Crippen molar-refractivity contribution < 1.29 is 19.4 Å². The smallest absolute Gasteiger partial charge is 0.408 e. The predicted octanol–water partition coefficient (Wildman–Crippen LogP) is 5.62. The van der Waals surface area contributed by atoms with Crippen molar-refractivity contribution in [1.82, 2.24) is 5.32 Å². The van der Waals surface area contributed by atoms with Crippen LogP contribution in [-0.4, -0.2) is 40.3 Å². The van der Waals surface area contributed by atoms with Crippen molar-refractivity contribution in [3.63, 3.8) is 0 Å². The first-order valence-electron chi connectivity index (χ1n) is 10.1. The van der Waals surface area contributed by atoms with Crippen molar-refractivity contribution in [2.45, 2.75) is 104 Å². The molecule has 2 N–H and O–H groups in total. The van der Waals surface area contributed by atoms with Crippen molar-refractivity contribution in [2.75, 3.05) is 11.5 Å². The molecule has 0 saturated carbocycles. The lowest BCUT2D eigenvalue weighted by Crippen LogP contribution is -2.45. The molecule has 0 aliphatic heterocycles. The molecule has 0 rings (SSSR count). The topological polar surface area (TPSA) is 75.6 Å². The summed E-state index contributed by atoms with van der Waals surface area (Å²) in [5.74, 6) is 0.272. The number of amides is 1. The monoisotopic (exact) mass is 389 g/mol. The van der Waals surface area contributed by atoms with Crippen LogP contribution in [-0.2, 0) is 9.53 Å². The molecule has 0 bridgehead atoms. The number of carbonyl (C=O) groups excluding carboxylic acids is 1. The highest BCUT2D eigenvalue weighted by Crippen LogP contribution is 2.13. The number of carbonyl (C=O) groups is 2. The van der Waals surface area contributed by atoms with Crippen LogP contribution >= 0.6 is 11.8 Å². The fraction of sp³-hybridized carbons (Fsp3) is 0.900. The number of hydrogen-bond acceptors (Lipinski definition) is 4. The quantitative estimate of drug-likeness (QED) is 0.356. The summed E-state index contributed by atoms with van der Waals surface area (Å²) >= 11 is 1.58. The van der Waals surface area contributed by atoms with E-state index in [4.69, 9.17) is 4.74 Å². The van der Waals surface area contributed by atoms with E-state index in [9.17, 15) is 14.7 Å². The summed E-state index contributed by atoms with van der Waals surface area (Å²) in [6.45, 7) is 7.50. The Kier molecular flexibility index (Phi) is 14.6. The summed E-state index contributed by atoms with van der Waals surface area (Å²) in [6, 6.07) is -0.905. The largest absolute Gasteiger partial charge is 0.480 e. The van der Waals surface area contributed by atoms with Gasteiger partial charge >= 0.3 is 12.1 Å². The van der Waals surface area contributed by atoms with Gasteiger partial charge in [0.2, 0.25) is 0 Å². The molecule has 0 radical (unpaired) electrons. The molecule has 0 heterocycles. The fourth-order valence-electron chi connectivity index (χ4n) is 2.52. The van der Waals surface area contributed by atoms with Crippen LogP contribution in [0.25, 0.3) is 0 Å². The van der Waals surface area contributed by atoms with Gasteiger partial charge in [0.25, 0.3) is 0 Å². The van der Waals surface area contributed by atoms with Crippen LogP contribution in [0.4, 0.5) is 4.79 Å². The highest BCUT2D eigenvalue weighted by molar-refractivity contribution is 7.99. The van der Waals surface area contributed by atoms with Crippen molar-refractivity contribution in [2.24, 2.45) is 0 Å². The number of alkyl carbamates (subject to hydrolysis) is 1. The van der Waals surface area contributed by atoms with Gasteiger partial charge in [-0.3, -0.25) is 0 Å². The zero-order valence-electron chi connectivity index (χ0n) is 17.1. The molecule has 0 aromatic carbocycles. The van der Waals surface area contributed by atoms with Gasteiger partial charge < -0.3 is 15.2 Å². The lowest BCUT2D eigenvalue weighted by Gasteiger charge is -2.21. The number of ether oxygens (including phenoxy) is 1. The summed E-state index contributed by atoms with van der Waals surface area (Å²) in [4.78, 5) is 22.9. The lowest BCUT2D eigenvalue weighted by atomic mass is 10.1. The van der Waals surface area contributed by atoms with Gasteiger partial charge in [-0.25, -0.2) is 9.59 Å². The van der Waals surface area contributed by atoms with E-state index in [-0.39, 0.29) is 0 Å². The number of thioether (sulfide) groups is 1. The molecule has 6 heteroatoms. The summed E-state index contributed by atoms with van der Waals surface area (Å²) in [7, 11) is 0. The molecule has 0 aromatic heterocycles. The maximum absolute atomic E-state index is 11.7. The average Bonchev–Trinajstić information content (AvgIpc) is 2.52. The van der Waals surface area contributed by atoms with Crippen molar-refractivity contribution >= 4 is 23.8 Å². The molecule has 5 nitrogen and oxygen atoms in total. The Morgan fingerprint density at radius 2 is 1.46 bits per heavy atom. The van der Waals surface area contributed by atoms with Gasteiger partial charge in [-0.05, 0) is 32.9 Å². The first kappa shape index (κ1) is 25.1. The highest BCUT2D eigenvalue weighted by atomic mass is 32.2. The van der Waals surface area contributed by atoms with Crippen LogP contribution in [0.15, 0.2) is 0 Å². The number of unbranched alkanes of at least 4 members (excludes halogenated alkanes) is 9. The Labute approximate surface area is 164 Å². The summed E-state index contributed by atoms with van der Waals surface area (Å²) in [5.41, 5.74) is -0.629. The molecule has 0 aromatic rings. The average molecular weight is 390 g/mol. The number of carboxylic acid groups (broad SMARTS) is 1. The molecule has 1 unspecified atom stereocenters. The van der Waals surface area contributed by atoms with Crippen LogP contribution in [0.3, 0.4) is 0 Å². The Hall–Kier alpha value is -0.910. The van der Waals surface area contributed by atoms with Gasteiger partial charge in [-0.2, -0.15) is 11.8 Å². The lowest BCUT2D eigenvalue weighted by molar-refractivity contribution is -0.138. The normalized spacial score (nSPS) is 12.6. The minimum atomic E-state index is -1.02. The second-order valence-electron chi connectivity index (χ2n) is 7.79.